The van der Waals surface area contributed by atoms with Gasteiger partial charge in [0.2, 0.25) is 5.91 Å². The fourth-order valence-corrected chi connectivity index (χ4v) is 6.20. The molecule has 0 spiro atoms. The lowest BCUT2D eigenvalue weighted by molar-refractivity contribution is -0.130. The van der Waals surface area contributed by atoms with E-state index in [9.17, 15) is 28.0 Å². The number of unbranched alkanes of at least 4 members (excludes halogenated alkanes) is 20. The second-order valence-electron chi connectivity index (χ2n) is 12.7. The first-order valence-electron chi connectivity index (χ1n) is 18.1. The molecule has 0 aliphatic carbocycles. The summed E-state index contributed by atoms with van der Waals surface area (Å²) >= 11 is 0. The molecule has 0 bridgehead atoms. The molecule has 0 aliphatic heterocycles. The van der Waals surface area contributed by atoms with E-state index in [0.29, 0.717) is 19.3 Å². The van der Waals surface area contributed by atoms with Crippen LogP contribution in [0.15, 0.2) is 24.3 Å². The highest BCUT2D eigenvalue weighted by Gasteiger charge is 2.28. The minimum Gasteiger partial charge on any atom is -0.391 e. The summed E-state index contributed by atoms with van der Waals surface area (Å²) < 4.78 is 32.4. The minimum absolute atomic E-state index is 0.0881. The zero-order valence-corrected chi connectivity index (χ0v) is 29.2. The van der Waals surface area contributed by atoms with E-state index in [0.717, 1.165) is 25.7 Å². The number of hydrogen-bond donors (Lipinski definition) is 4. The number of nitrogens with one attached hydrogen (secondary N) is 1. The lowest BCUT2D eigenvalue weighted by atomic mass is 10.0. The fourth-order valence-electron chi connectivity index (χ4n) is 5.44. The first kappa shape index (κ1) is 42.8. The van der Waals surface area contributed by atoms with E-state index in [1.807, 2.05) is 6.08 Å². The van der Waals surface area contributed by atoms with Crippen LogP contribution >= 0.6 is 0 Å². The summed E-state index contributed by atoms with van der Waals surface area (Å²) in [5.41, 5.74) is 0. The Balaban J connectivity index is 4.15. The number of aliphatic hydroxyl groups excluding tert-OH is 2. The summed E-state index contributed by atoms with van der Waals surface area (Å²) in [6.07, 6.45) is 33.6. The molecule has 7 nitrogen and oxygen atoms in total. The molecule has 8 heteroatoms. The van der Waals surface area contributed by atoms with Crippen molar-refractivity contribution in [2.24, 2.45) is 0 Å². The summed E-state index contributed by atoms with van der Waals surface area (Å²) in [5, 5.41) is 23.3. The third kappa shape index (κ3) is 29.5. The topological polar surface area (TPSA) is 124 Å². The Morgan fingerprint density at radius 2 is 1.07 bits per heavy atom. The summed E-state index contributed by atoms with van der Waals surface area (Å²) in [7, 11) is -4.42. The van der Waals surface area contributed by atoms with Gasteiger partial charge in [-0.15, -0.1) is 0 Å². The molecule has 0 aromatic carbocycles. The molecule has 0 saturated carbocycles. The van der Waals surface area contributed by atoms with Gasteiger partial charge in [-0.3, -0.25) is 9.35 Å². The zero-order chi connectivity index (χ0) is 32.7. The third-order valence-corrected chi connectivity index (χ3v) is 9.06. The van der Waals surface area contributed by atoms with Crippen LogP contribution in [0.4, 0.5) is 0 Å². The number of allylic oxidation sites excluding steroid dienone is 3. The first-order valence-corrected chi connectivity index (χ1v) is 19.7. The van der Waals surface area contributed by atoms with Gasteiger partial charge in [0.15, 0.2) is 0 Å². The summed E-state index contributed by atoms with van der Waals surface area (Å²) in [6.45, 7) is 4.47. The number of carbonyl (C=O) groups excluding carboxylic acids is 1. The molecule has 4 N–H and O–H groups in total. The van der Waals surface area contributed by atoms with Crippen LogP contribution in [0.25, 0.3) is 0 Å². The molecule has 3 atom stereocenters. The monoisotopic (exact) mass is 643 g/mol. The molecule has 0 heterocycles. The van der Waals surface area contributed by atoms with Crippen LogP contribution in [0.3, 0.4) is 0 Å². The van der Waals surface area contributed by atoms with Crippen molar-refractivity contribution < 1.29 is 28.0 Å². The van der Waals surface area contributed by atoms with Gasteiger partial charge in [0.25, 0.3) is 10.1 Å². The maximum Gasteiger partial charge on any atom is 0.266 e. The van der Waals surface area contributed by atoms with E-state index in [1.165, 1.54) is 109 Å². The normalized spacial score (nSPS) is 14.4. The van der Waals surface area contributed by atoms with E-state index < -0.39 is 40.0 Å². The summed E-state index contributed by atoms with van der Waals surface area (Å²) in [4.78, 5) is 12.5. The highest BCUT2D eigenvalue weighted by Crippen LogP contribution is 2.15. The predicted octanol–water partition coefficient (Wildman–Crippen LogP) is 8.99. The van der Waals surface area contributed by atoms with Gasteiger partial charge in [0.05, 0.1) is 17.9 Å². The van der Waals surface area contributed by atoms with E-state index in [4.69, 9.17) is 0 Å². The Labute approximate surface area is 271 Å². The SMILES string of the molecule is CCCCCCCC/C=C\C/C=C\CC(O)C(=O)NC(CS(=O)(=O)O)C(O)CCCCCCCCCCCCCCCCC. The highest BCUT2D eigenvalue weighted by atomic mass is 32.2. The first-order chi connectivity index (χ1) is 21.2. The van der Waals surface area contributed by atoms with Gasteiger partial charge in [0.1, 0.15) is 6.10 Å². The van der Waals surface area contributed by atoms with Gasteiger partial charge in [0, 0.05) is 6.42 Å². The van der Waals surface area contributed by atoms with Crippen LogP contribution in [0, 0.1) is 0 Å². The maximum absolute atomic E-state index is 12.5. The molecule has 0 saturated heterocycles. The highest BCUT2D eigenvalue weighted by molar-refractivity contribution is 7.85. The van der Waals surface area contributed by atoms with Gasteiger partial charge in [-0.2, -0.15) is 8.42 Å². The Morgan fingerprint density at radius 3 is 1.55 bits per heavy atom. The van der Waals surface area contributed by atoms with Gasteiger partial charge in [-0.1, -0.05) is 167 Å². The van der Waals surface area contributed by atoms with Gasteiger partial charge >= 0.3 is 0 Å². The van der Waals surface area contributed by atoms with E-state index in [1.54, 1.807) is 6.08 Å². The number of amides is 1. The summed E-state index contributed by atoms with van der Waals surface area (Å²) in [6, 6.07) is -1.17. The van der Waals surface area contributed by atoms with Gasteiger partial charge < -0.3 is 15.5 Å². The Hall–Kier alpha value is -1.22. The molecule has 0 aromatic heterocycles. The van der Waals surface area contributed by atoms with Gasteiger partial charge in [-0.25, -0.2) is 0 Å². The summed E-state index contributed by atoms with van der Waals surface area (Å²) in [5.74, 6) is -1.54. The lowest BCUT2D eigenvalue weighted by Crippen LogP contribution is -2.50. The Bertz CT molecular complexity index is 813. The van der Waals surface area contributed by atoms with Crippen molar-refractivity contribution in [1.29, 1.82) is 0 Å². The third-order valence-electron chi connectivity index (χ3n) is 8.28. The largest absolute Gasteiger partial charge is 0.391 e. The molecule has 0 radical (unpaired) electrons. The standard InChI is InChI=1S/C36H69NO6S/c1-3-5-7-9-11-13-15-17-18-19-21-22-24-26-28-30-34(38)33(32-44(41,42)43)37-36(40)35(39)31-29-27-25-23-20-16-14-12-10-8-6-4-2/h20,23,27,29,33-35,38-39H,3-19,21-22,24-26,28,30-32H2,1-2H3,(H,37,40)(H,41,42,43)/b23-20-,29-27-. The molecule has 3 unspecified atom stereocenters. The van der Waals surface area contributed by atoms with Gasteiger partial charge in [-0.05, 0) is 25.7 Å². The van der Waals surface area contributed by atoms with Crippen molar-refractivity contribution in [2.45, 2.75) is 193 Å². The minimum atomic E-state index is -4.42. The van der Waals surface area contributed by atoms with Crippen LogP contribution < -0.4 is 5.32 Å². The quantitative estimate of drug-likeness (QED) is 0.0329. The molecule has 260 valence electrons. The Kier molecular flexibility index (Phi) is 29.6. The average molecular weight is 644 g/mol. The zero-order valence-electron chi connectivity index (χ0n) is 28.4. The molecule has 44 heavy (non-hydrogen) atoms. The van der Waals surface area contributed by atoms with Crippen molar-refractivity contribution in [3.8, 4) is 0 Å². The van der Waals surface area contributed by atoms with Crippen molar-refractivity contribution in [3.05, 3.63) is 24.3 Å². The average Bonchev–Trinajstić information content (AvgIpc) is 2.98. The molecule has 0 aromatic rings. The maximum atomic E-state index is 12.5. The number of carbonyl (C=O) groups is 1. The van der Waals surface area contributed by atoms with Crippen LogP contribution in [0.5, 0.6) is 0 Å². The molecule has 0 aliphatic rings. The molecular formula is C36H69NO6S. The second-order valence-corrected chi connectivity index (χ2v) is 14.2. The number of hydrogen-bond acceptors (Lipinski definition) is 5. The van der Waals surface area contributed by atoms with Crippen molar-refractivity contribution in [1.82, 2.24) is 5.32 Å². The van der Waals surface area contributed by atoms with Crippen molar-refractivity contribution >= 4 is 16.0 Å². The fraction of sp³-hybridized carbons (Fsp3) is 0.861. The van der Waals surface area contributed by atoms with Crippen molar-refractivity contribution in [2.75, 3.05) is 5.75 Å². The lowest BCUT2D eigenvalue weighted by Gasteiger charge is -2.24. The molecular weight excluding hydrogens is 574 g/mol. The van der Waals surface area contributed by atoms with Crippen LogP contribution in [-0.2, 0) is 14.9 Å². The van der Waals surface area contributed by atoms with Crippen LogP contribution in [0.1, 0.15) is 174 Å². The molecule has 0 rings (SSSR count). The molecule has 0 fully saturated rings. The smallest absolute Gasteiger partial charge is 0.266 e. The number of rotatable bonds is 32. The molecule has 1 amide bonds. The second kappa shape index (κ2) is 30.4. The Morgan fingerprint density at radius 1 is 0.636 bits per heavy atom. The number of aliphatic hydroxyl groups is 2. The van der Waals surface area contributed by atoms with E-state index >= 15 is 0 Å². The predicted molar refractivity (Wildman–Crippen MR) is 185 cm³/mol. The van der Waals surface area contributed by atoms with E-state index in [2.05, 4.69) is 31.3 Å². The van der Waals surface area contributed by atoms with Crippen molar-refractivity contribution in [3.63, 3.8) is 0 Å². The van der Waals surface area contributed by atoms with Crippen LogP contribution in [-0.4, -0.2) is 53.1 Å². The van der Waals surface area contributed by atoms with Crippen LogP contribution in [0.2, 0.25) is 0 Å². The van der Waals surface area contributed by atoms with E-state index in [-0.39, 0.29) is 6.42 Å².